The number of Topliss-reactive ketones (excluding diaryl/α,β-unsaturated/α-hetero) is 1. The lowest BCUT2D eigenvalue weighted by molar-refractivity contribution is -0.121. The maximum Gasteiger partial charge on any atom is 0.136 e. The molecule has 0 N–H and O–H groups in total. The van der Waals surface area contributed by atoms with Crippen LogP contribution in [0, 0.1) is 17.8 Å². The first-order chi connectivity index (χ1) is 7.86. The molecule has 0 aromatic carbocycles. The number of ether oxygens (including phenoxy) is 1. The number of hydrogen-bond donors (Lipinski definition) is 0. The number of ketones is 1. The van der Waals surface area contributed by atoms with E-state index in [1.165, 1.54) is 38.5 Å². The van der Waals surface area contributed by atoms with Crippen molar-refractivity contribution in [3.63, 3.8) is 0 Å². The smallest absolute Gasteiger partial charge is 0.136 e. The van der Waals surface area contributed by atoms with Gasteiger partial charge >= 0.3 is 0 Å². The molecule has 0 bridgehead atoms. The van der Waals surface area contributed by atoms with Crippen LogP contribution in [0.25, 0.3) is 0 Å². The summed E-state index contributed by atoms with van der Waals surface area (Å²) in [5, 5.41) is 0. The first-order valence-corrected chi connectivity index (χ1v) is 7.00. The Hall–Kier alpha value is -0.370. The molecule has 3 aliphatic rings. The van der Waals surface area contributed by atoms with Crippen molar-refractivity contribution in [3.05, 3.63) is 0 Å². The van der Waals surface area contributed by atoms with Crippen molar-refractivity contribution in [2.45, 2.75) is 57.5 Å². The zero-order valence-corrected chi connectivity index (χ0v) is 9.99. The van der Waals surface area contributed by atoms with Crippen LogP contribution in [0.3, 0.4) is 0 Å². The quantitative estimate of drug-likeness (QED) is 0.731. The van der Waals surface area contributed by atoms with Crippen LogP contribution in [0.15, 0.2) is 0 Å². The lowest BCUT2D eigenvalue weighted by Gasteiger charge is -2.07. The molecule has 2 heteroatoms. The second kappa shape index (κ2) is 4.48. The average molecular weight is 222 g/mol. The molecule has 3 fully saturated rings. The second-order valence-electron chi connectivity index (χ2n) is 5.78. The Bertz CT molecular complexity index is 256. The Balaban J connectivity index is 1.43. The van der Waals surface area contributed by atoms with Gasteiger partial charge in [0.1, 0.15) is 5.78 Å². The van der Waals surface area contributed by atoms with Crippen LogP contribution in [0.5, 0.6) is 0 Å². The van der Waals surface area contributed by atoms with E-state index in [0.29, 0.717) is 17.8 Å². The van der Waals surface area contributed by atoms with E-state index < -0.39 is 0 Å². The molecule has 90 valence electrons. The Kier molecular flexibility index (Phi) is 3.01. The third-order valence-electron chi connectivity index (χ3n) is 4.77. The first-order valence-electron chi connectivity index (χ1n) is 7.00. The molecule has 0 amide bonds. The summed E-state index contributed by atoms with van der Waals surface area (Å²) in [5.41, 5.74) is 0. The number of carbonyl (C=O) groups is 1. The molecule has 0 spiro atoms. The highest BCUT2D eigenvalue weighted by molar-refractivity contribution is 5.84. The van der Waals surface area contributed by atoms with Crippen LogP contribution < -0.4 is 0 Å². The molecule has 3 atom stereocenters. The molecule has 16 heavy (non-hydrogen) atoms. The molecular weight excluding hydrogens is 200 g/mol. The monoisotopic (exact) mass is 222 g/mol. The van der Waals surface area contributed by atoms with Crippen molar-refractivity contribution >= 4 is 5.78 Å². The van der Waals surface area contributed by atoms with Gasteiger partial charge in [0.2, 0.25) is 0 Å². The molecule has 1 aliphatic heterocycles. The summed E-state index contributed by atoms with van der Waals surface area (Å²) < 4.78 is 5.57. The SMILES string of the molecule is O=C(CCC1CCCO1)C1C2CCCCC21. The standard InChI is InChI=1S/C14H22O2/c15-13(8-7-10-4-3-9-16-10)14-11-5-1-2-6-12(11)14/h10-12,14H,1-9H2. The van der Waals surface area contributed by atoms with E-state index in [2.05, 4.69) is 0 Å². The molecule has 1 heterocycles. The van der Waals surface area contributed by atoms with Gasteiger partial charge in [0.15, 0.2) is 0 Å². The molecule has 1 saturated heterocycles. The van der Waals surface area contributed by atoms with Crippen molar-refractivity contribution in [3.8, 4) is 0 Å². The van der Waals surface area contributed by atoms with E-state index in [0.717, 1.165) is 31.3 Å². The van der Waals surface area contributed by atoms with Gasteiger partial charge < -0.3 is 4.74 Å². The van der Waals surface area contributed by atoms with Crippen molar-refractivity contribution in [2.75, 3.05) is 6.61 Å². The number of fused-ring (bicyclic) bond motifs is 1. The molecular formula is C14H22O2. The fourth-order valence-corrected chi connectivity index (χ4v) is 3.81. The Morgan fingerprint density at radius 2 is 1.81 bits per heavy atom. The van der Waals surface area contributed by atoms with E-state index in [4.69, 9.17) is 4.74 Å². The minimum absolute atomic E-state index is 0.393. The van der Waals surface area contributed by atoms with Crippen molar-refractivity contribution in [1.29, 1.82) is 0 Å². The largest absolute Gasteiger partial charge is 0.378 e. The third-order valence-corrected chi connectivity index (χ3v) is 4.77. The van der Waals surface area contributed by atoms with Gasteiger partial charge in [-0.1, -0.05) is 12.8 Å². The van der Waals surface area contributed by atoms with Crippen LogP contribution in [-0.4, -0.2) is 18.5 Å². The Morgan fingerprint density at radius 1 is 1.06 bits per heavy atom. The number of hydrogen-bond acceptors (Lipinski definition) is 2. The van der Waals surface area contributed by atoms with Crippen LogP contribution in [-0.2, 0) is 9.53 Å². The molecule has 2 nitrogen and oxygen atoms in total. The summed E-state index contributed by atoms with van der Waals surface area (Å²) in [6, 6.07) is 0. The van der Waals surface area contributed by atoms with Crippen molar-refractivity contribution in [2.24, 2.45) is 17.8 Å². The van der Waals surface area contributed by atoms with Crippen LogP contribution in [0.2, 0.25) is 0 Å². The summed E-state index contributed by atoms with van der Waals surface area (Å²) in [6.45, 7) is 0.910. The van der Waals surface area contributed by atoms with E-state index >= 15 is 0 Å². The predicted octanol–water partition coefficient (Wildman–Crippen LogP) is 2.95. The average Bonchev–Trinajstić information content (AvgIpc) is 2.80. The van der Waals surface area contributed by atoms with Gasteiger partial charge in [-0.05, 0) is 43.9 Å². The molecule has 0 radical (unpaired) electrons. The summed E-state index contributed by atoms with van der Waals surface area (Å²) in [4.78, 5) is 12.1. The predicted molar refractivity (Wildman–Crippen MR) is 62.2 cm³/mol. The van der Waals surface area contributed by atoms with Gasteiger partial charge in [-0.3, -0.25) is 4.79 Å². The molecule has 0 aromatic heterocycles. The molecule has 2 aliphatic carbocycles. The number of carbonyl (C=O) groups excluding carboxylic acids is 1. The molecule has 3 unspecified atom stereocenters. The van der Waals surface area contributed by atoms with Gasteiger partial charge in [0.05, 0.1) is 6.10 Å². The zero-order chi connectivity index (χ0) is 11.0. The van der Waals surface area contributed by atoms with Crippen LogP contribution >= 0.6 is 0 Å². The highest BCUT2D eigenvalue weighted by atomic mass is 16.5. The third kappa shape index (κ3) is 2.04. The molecule has 3 rings (SSSR count). The zero-order valence-electron chi connectivity index (χ0n) is 9.99. The lowest BCUT2D eigenvalue weighted by Crippen LogP contribution is -2.10. The minimum atomic E-state index is 0.393. The van der Waals surface area contributed by atoms with Gasteiger partial charge in [0.25, 0.3) is 0 Å². The second-order valence-corrected chi connectivity index (χ2v) is 5.78. The van der Waals surface area contributed by atoms with Crippen LogP contribution in [0.4, 0.5) is 0 Å². The van der Waals surface area contributed by atoms with Crippen LogP contribution in [0.1, 0.15) is 51.4 Å². The summed E-state index contributed by atoms with van der Waals surface area (Å²) in [7, 11) is 0. The summed E-state index contributed by atoms with van der Waals surface area (Å²) in [5.74, 6) is 2.58. The Labute approximate surface area is 97.7 Å². The highest BCUT2D eigenvalue weighted by Gasteiger charge is 2.53. The summed E-state index contributed by atoms with van der Waals surface area (Å²) in [6.07, 6.45) is 9.87. The fourth-order valence-electron chi connectivity index (χ4n) is 3.81. The highest BCUT2D eigenvalue weighted by Crippen LogP contribution is 2.56. The van der Waals surface area contributed by atoms with Crippen molar-refractivity contribution in [1.82, 2.24) is 0 Å². The number of rotatable bonds is 4. The van der Waals surface area contributed by atoms with E-state index in [1.807, 2.05) is 0 Å². The maximum atomic E-state index is 12.1. The first kappa shape index (κ1) is 10.8. The molecule has 2 saturated carbocycles. The van der Waals surface area contributed by atoms with Gasteiger partial charge in [-0.15, -0.1) is 0 Å². The normalized spacial score (nSPS) is 41.8. The maximum absolute atomic E-state index is 12.1. The van der Waals surface area contributed by atoms with E-state index in [-0.39, 0.29) is 0 Å². The van der Waals surface area contributed by atoms with Gasteiger partial charge in [-0.25, -0.2) is 0 Å². The van der Waals surface area contributed by atoms with Gasteiger partial charge in [-0.2, -0.15) is 0 Å². The van der Waals surface area contributed by atoms with E-state index in [9.17, 15) is 4.79 Å². The minimum Gasteiger partial charge on any atom is -0.378 e. The summed E-state index contributed by atoms with van der Waals surface area (Å²) >= 11 is 0. The van der Waals surface area contributed by atoms with Crippen molar-refractivity contribution < 1.29 is 9.53 Å². The fraction of sp³-hybridized carbons (Fsp3) is 0.929. The lowest BCUT2D eigenvalue weighted by atomic mass is 10.0. The van der Waals surface area contributed by atoms with Gasteiger partial charge in [0, 0.05) is 18.9 Å². The van der Waals surface area contributed by atoms with E-state index in [1.54, 1.807) is 0 Å². The molecule has 0 aromatic rings. The Morgan fingerprint density at radius 3 is 2.44 bits per heavy atom. The topological polar surface area (TPSA) is 26.3 Å².